The molecule has 3 aromatic rings. The van der Waals surface area contributed by atoms with Gasteiger partial charge in [-0.1, -0.05) is 16.8 Å². The van der Waals surface area contributed by atoms with E-state index in [1.807, 2.05) is 0 Å². The molecule has 3 rings (SSSR count). The van der Waals surface area contributed by atoms with Crippen LogP contribution in [0.2, 0.25) is 5.02 Å². The predicted octanol–water partition coefficient (Wildman–Crippen LogP) is 3.24. The molecule has 0 saturated heterocycles. The zero-order valence-electron chi connectivity index (χ0n) is 12.4. The molecular weight excluding hydrogens is 342 g/mol. The van der Waals surface area contributed by atoms with Gasteiger partial charge in [-0.25, -0.2) is 13.5 Å². The zero-order valence-corrected chi connectivity index (χ0v) is 13.2. The van der Waals surface area contributed by atoms with Crippen LogP contribution in [0.5, 0.6) is 0 Å². The van der Waals surface area contributed by atoms with Gasteiger partial charge in [0, 0.05) is 23.5 Å². The van der Waals surface area contributed by atoms with Crippen molar-refractivity contribution in [1.29, 1.82) is 0 Å². The van der Waals surface area contributed by atoms with Crippen molar-refractivity contribution in [2.75, 3.05) is 0 Å². The number of pyridine rings is 1. The number of hydrogen-bond donors (Lipinski definition) is 0. The van der Waals surface area contributed by atoms with Gasteiger partial charge in [0.2, 0.25) is 5.76 Å². The largest absolute Gasteiger partial charge is 0.354 e. The highest BCUT2D eigenvalue weighted by Gasteiger charge is 2.25. The van der Waals surface area contributed by atoms with E-state index in [0.29, 0.717) is 5.56 Å². The molecule has 0 aliphatic rings. The van der Waals surface area contributed by atoms with Crippen LogP contribution in [0, 0.1) is 6.92 Å². The summed E-state index contributed by atoms with van der Waals surface area (Å²) in [4.78, 5) is 16.0. The Kier molecular flexibility index (Phi) is 4.39. The quantitative estimate of drug-likeness (QED) is 0.720. The molecule has 0 fully saturated rings. The SMILES string of the molecule is Cc1ccc(-c2noc(C(F)F)c2Cn2ncc(Cl)cc2=O)cn1. The number of hydrogen-bond acceptors (Lipinski definition) is 5. The van der Waals surface area contributed by atoms with Gasteiger partial charge in [0.15, 0.2) is 0 Å². The van der Waals surface area contributed by atoms with Crippen molar-refractivity contribution in [3.63, 3.8) is 0 Å². The van der Waals surface area contributed by atoms with Crippen LogP contribution in [0.15, 0.2) is 39.9 Å². The van der Waals surface area contributed by atoms with Gasteiger partial charge in [0.25, 0.3) is 12.0 Å². The number of aryl methyl sites for hydroxylation is 1. The van der Waals surface area contributed by atoms with Crippen molar-refractivity contribution in [1.82, 2.24) is 19.9 Å². The minimum absolute atomic E-state index is 0.0765. The number of rotatable bonds is 4. The van der Waals surface area contributed by atoms with Crippen LogP contribution in [-0.2, 0) is 6.54 Å². The van der Waals surface area contributed by atoms with E-state index in [2.05, 4.69) is 15.2 Å². The molecule has 0 amide bonds. The number of nitrogens with zero attached hydrogens (tertiary/aromatic N) is 4. The third-order valence-corrected chi connectivity index (χ3v) is 3.55. The first-order valence-electron chi connectivity index (χ1n) is 6.88. The van der Waals surface area contributed by atoms with E-state index in [-0.39, 0.29) is 22.8 Å². The first-order chi connectivity index (χ1) is 11.5. The lowest BCUT2D eigenvalue weighted by molar-refractivity contribution is 0.110. The predicted molar refractivity (Wildman–Crippen MR) is 82.0 cm³/mol. The van der Waals surface area contributed by atoms with Crippen LogP contribution in [-0.4, -0.2) is 19.9 Å². The van der Waals surface area contributed by atoms with Crippen molar-refractivity contribution >= 4 is 11.6 Å². The molecule has 6 nitrogen and oxygen atoms in total. The Bertz CT molecular complexity index is 922. The first-order valence-corrected chi connectivity index (χ1v) is 7.26. The number of halogens is 3. The molecule has 0 aliphatic heterocycles. The Morgan fingerprint density at radius 1 is 1.33 bits per heavy atom. The highest BCUT2D eigenvalue weighted by atomic mass is 35.5. The van der Waals surface area contributed by atoms with Gasteiger partial charge in [-0.05, 0) is 19.1 Å². The molecule has 0 atom stereocenters. The van der Waals surface area contributed by atoms with Gasteiger partial charge in [0.05, 0.1) is 23.3 Å². The monoisotopic (exact) mass is 352 g/mol. The van der Waals surface area contributed by atoms with Gasteiger partial charge in [0.1, 0.15) is 5.69 Å². The lowest BCUT2D eigenvalue weighted by atomic mass is 10.1. The minimum Gasteiger partial charge on any atom is -0.354 e. The van der Waals surface area contributed by atoms with Crippen molar-refractivity contribution in [2.24, 2.45) is 0 Å². The van der Waals surface area contributed by atoms with Crippen LogP contribution in [0.4, 0.5) is 8.78 Å². The molecule has 0 bridgehead atoms. The maximum Gasteiger partial charge on any atom is 0.298 e. The van der Waals surface area contributed by atoms with Crippen LogP contribution in [0.3, 0.4) is 0 Å². The van der Waals surface area contributed by atoms with E-state index in [1.165, 1.54) is 12.4 Å². The normalized spacial score (nSPS) is 11.2. The molecule has 0 aliphatic carbocycles. The second-order valence-corrected chi connectivity index (χ2v) is 5.47. The van der Waals surface area contributed by atoms with E-state index < -0.39 is 17.7 Å². The van der Waals surface area contributed by atoms with Crippen LogP contribution < -0.4 is 5.56 Å². The molecule has 0 unspecified atom stereocenters. The van der Waals surface area contributed by atoms with E-state index in [4.69, 9.17) is 16.1 Å². The fourth-order valence-electron chi connectivity index (χ4n) is 2.16. The van der Waals surface area contributed by atoms with Crippen molar-refractivity contribution < 1.29 is 13.3 Å². The number of aromatic nitrogens is 4. The molecule has 3 aromatic heterocycles. The van der Waals surface area contributed by atoms with Crippen molar-refractivity contribution in [3.8, 4) is 11.3 Å². The van der Waals surface area contributed by atoms with Crippen molar-refractivity contribution in [3.05, 3.63) is 63.0 Å². The van der Waals surface area contributed by atoms with Gasteiger partial charge in [-0.15, -0.1) is 0 Å². The Morgan fingerprint density at radius 2 is 2.12 bits per heavy atom. The molecule has 124 valence electrons. The summed E-state index contributed by atoms with van der Waals surface area (Å²) in [6.45, 7) is 1.58. The summed E-state index contributed by atoms with van der Waals surface area (Å²) < 4.78 is 32.2. The summed E-state index contributed by atoms with van der Waals surface area (Å²) in [5.74, 6) is -0.603. The number of alkyl halides is 2. The van der Waals surface area contributed by atoms with E-state index in [1.54, 1.807) is 19.1 Å². The highest BCUT2D eigenvalue weighted by molar-refractivity contribution is 6.30. The Morgan fingerprint density at radius 3 is 2.75 bits per heavy atom. The lowest BCUT2D eigenvalue weighted by Gasteiger charge is -2.06. The Balaban J connectivity index is 2.09. The minimum atomic E-state index is -2.87. The van der Waals surface area contributed by atoms with E-state index >= 15 is 0 Å². The van der Waals surface area contributed by atoms with Crippen LogP contribution in [0.1, 0.15) is 23.4 Å². The standard InChI is InChI=1S/C15H11ClF2N4O2/c1-8-2-3-9(5-19-8)13-11(14(15(17)18)24-21-13)7-22-12(23)4-10(16)6-20-22/h2-6,15H,7H2,1H3. The highest BCUT2D eigenvalue weighted by Crippen LogP contribution is 2.31. The Labute approximate surface area is 139 Å². The second-order valence-electron chi connectivity index (χ2n) is 5.03. The Hall–Kier alpha value is -2.61. The van der Waals surface area contributed by atoms with E-state index in [9.17, 15) is 13.6 Å². The summed E-state index contributed by atoms with van der Waals surface area (Å²) >= 11 is 5.69. The molecular formula is C15H11ClF2N4O2. The smallest absolute Gasteiger partial charge is 0.298 e. The van der Waals surface area contributed by atoms with E-state index in [0.717, 1.165) is 16.4 Å². The molecule has 0 spiro atoms. The molecule has 9 heteroatoms. The van der Waals surface area contributed by atoms with Crippen LogP contribution in [0.25, 0.3) is 11.3 Å². The summed E-state index contributed by atoms with van der Waals surface area (Å²) in [5, 5.41) is 7.73. The third kappa shape index (κ3) is 3.18. The average molecular weight is 353 g/mol. The molecule has 3 heterocycles. The molecule has 0 aromatic carbocycles. The summed E-state index contributed by atoms with van der Waals surface area (Å²) in [7, 11) is 0. The van der Waals surface area contributed by atoms with Gasteiger partial charge in [-0.3, -0.25) is 9.78 Å². The lowest BCUT2D eigenvalue weighted by Crippen LogP contribution is -2.22. The van der Waals surface area contributed by atoms with Crippen LogP contribution >= 0.6 is 11.6 Å². The van der Waals surface area contributed by atoms with Gasteiger partial charge < -0.3 is 4.52 Å². The fraction of sp³-hybridized carbons (Fsp3) is 0.200. The summed E-state index contributed by atoms with van der Waals surface area (Å²) in [5.41, 5.74) is 1.03. The summed E-state index contributed by atoms with van der Waals surface area (Å²) in [6, 6.07) is 4.57. The topological polar surface area (TPSA) is 73.8 Å². The zero-order chi connectivity index (χ0) is 17.3. The molecule has 24 heavy (non-hydrogen) atoms. The second kappa shape index (κ2) is 6.48. The maximum absolute atomic E-state index is 13.2. The molecule has 0 saturated carbocycles. The fourth-order valence-corrected chi connectivity index (χ4v) is 2.30. The maximum atomic E-state index is 13.2. The molecule has 0 N–H and O–H groups in total. The average Bonchev–Trinajstić information content (AvgIpc) is 2.95. The third-order valence-electron chi connectivity index (χ3n) is 3.35. The summed E-state index contributed by atoms with van der Waals surface area (Å²) in [6.07, 6.45) is -0.113. The molecule has 0 radical (unpaired) electrons. The van der Waals surface area contributed by atoms with Gasteiger partial charge >= 0.3 is 0 Å². The van der Waals surface area contributed by atoms with Gasteiger partial charge in [-0.2, -0.15) is 5.10 Å². The first kappa shape index (κ1) is 16.3. The van der Waals surface area contributed by atoms with Crippen molar-refractivity contribution in [2.45, 2.75) is 19.9 Å².